The molecule has 0 aromatic rings. The van der Waals surface area contributed by atoms with Crippen LogP contribution in [0.3, 0.4) is 0 Å². The van der Waals surface area contributed by atoms with E-state index in [0.717, 1.165) is 0 Å². The van der Waals surface area contributed by atoms with Gasteiger partial charge in [-0.15, -0.1) is 0 Å². The molecule has 1 unspecified atom stereocenters. The zero-order valence-corrected chi connectivity index (χ0v) is 5.11. The summed E-state index contributed by atoms with van der Waals surface area (Å²) < 4.78 is 51.7. The maximum absolute atomic E-state index is 12.1. The number of carbonyl (C=O) groups excluding carboxylic acids is 1. The number of hydrogen-bond acceptors (Lipinski definition) is 2. The van der Waals surface area contributed by atoms with Crippen molar-refractivity contribution in [3.05, 3.63) is 0 Å². The standard InChI is InChI=1S/C5H3F4O2/c6-4(7)1-3(11-2-10)5(4,8)9/h3H,1H2. The quantitative estimate of drug-likeness (QED) is 0.582. The smallest absolute Gasteiger partial charge is 0.417 e. The van der Waals surface area contributed by atoms with Crippen LogP contribution in [0.25, 0.3) is 0 Å². The van der Waals surface area contributed by atoms with E-state index in [1.165, 1.54) is 0 Å². The van der Waals surface area contributed by atoms with Crippen LogP contribution in [0.15, 0.2) is 0 Å². The van der Waals surface area contributed by atoms with Gasteiger partial charge in [-0.2, -0.15) is 17.6 Å². The van der Waals surface area contributed by atoms with Crippen molar-refractivity contribution in [2.24, 2.45) is 0 Å². The van der Waals surface area contributed by atoms with E-state index in [1.807, 2.05) is 0 Å². The van der Waals surface area contributed by atoms with Crippen molar-refractivity contribution in [3.63, 3.8) is 0 Å². The van der Waals surface area contributed by atoms with Crippen LogP contribution in [0.2, 0.25) is 0 Å². The van der Waals surface area contributed by atoms with Crippen molar-refractivity contribution in [1.29, 1.82) is 0 Å². The Morgan fingerprint density at radius 1 is 1.36 bits per heavy atom. The van der Waals surface area contributed by atoms with Crippen LogP contribution in [0, 0.1) is 0 Å². The highest BCUT2D eigenvalue weighted by Crippen LogP contribution is 2.52. The molecular formula is C5H3F4O2. The van der Waals surface area contributed by atoms with Gasteiger partial charge in [-0.1, -0.05) is 0 Å². The third-order valence-corrected chi connectivity index (χ3v) is 1.52. The molecular weight excluding hydrogens is 168 g/mol. The molecule has 0 saturated heterocycles. The van der Waals surface area contributed by atoms with Gasteiger partial charge in [0.05, 0.1) is 6.42 Å². The molecule has 6 heteroatoms. The van der Waals surface area contributed by atoms with Crippen molar-refractivity contribution >= 4 is 6.47 Å². The first kappa shape index (κ1) is 8.29. The minimum absolute atomic E-state index is 0.700. The normalized spacial score (nSPS) is 32.2. The molecule has 0 N–H and O–H groups in total. The highest BCUT2D eigenvalue weighted by Gasteiger charge is 2.73. The molecule has 1 aliphatic carbocycles. The van der Waals surface area contributed by atoms with E-state index < -0.39 is 24.4 Å². The first-order chi connectivity index (χ1) is 4.92. The third kappa shape index (κ3) is 0.965. The zero-order chi connectivity index (χ0) is 8.70. The van der Waals surface area contributed by atoms with Crippen LogP contribution in [0.1, 0.15) is 6.42 Å². The molecule has 0 amide bonds. The Morgan fingerprint density at radius 3 is 2.18 bits per heavy atom. The van der Waals surface area contributed by atoms with Crippen LogP contribution in [0.4, 0.5) is 17.6 Å². The first-order valence-electron chi connectivity index (χ1n) is 2.70. The van der Waals surface area contributed by atoms with Gasteiger partial charge in [-0.25, -0.2) is 4.79 Å². The minimum atomic E-state index is -4.23. The molecule has 1 rings (SSSR count). The Bertz CT molecular complexity index is 179. The summed E-state index contributed by atoms with van der Waals surface area (Å²) in [6.07, 6.45) is -3.15. The van der Waals surface area contributed by atoms with Gasteiger partial charge in [0.15, 0.2) is 6.10 Å². The molecule has 1 aliphatic rings. The molecule has 0 aliphatic heterocycles. The second-order valence-corrected chi connectivity index (χ2v) is 2.22. The molecule has 1 radical (unpaired) electrons. The molecule has 0 spiro atoms. The summed E-state index contributed by atoms with van der Waals surface area (Å²) in [7, 11) is 0. The predicted molar refractivity (Wildman–Crippen MR) is 25.1 cm³/mol. The predicted octanol–water partition coefficient (Wildman–Crippen LogP) is 1.11. The second kappa shape index (κ2) is 2.09. The topological polar surface area (TPSA) is 26.3 Å². The lowest BCUT2D eigenvalue weighted by molar-refractivity contribution is -0.326. The van der Waals surface area contributed by atoms with E-state index >= 15 is 0 Å². The van der Waals surface area contributed by atoms with Crippen LogP contribution in [-0.2, 0) is 9.53 Å². The number of alkyl halides is 4. The van der Waals surface area contributed by atoms with Crippen molar-refractivity contribution in [3.8, 4) is 0 Å². The lowest BCUT2D eigenvalue weighted by Crippen LogP contribution is -2.63. The van der Waals surface area contributed by atoms with Crippen molar-refractivity contribution in [1.82, 2.24) is 0 Å². The third-order valence-electron chi connectivity index (χ3n) is 1.52. The van der Waals surface area contributed by atoms with E-state index in [0.29, 0.717) is 6.47 Å². The Morgan fingerprint density at radius 2 is 1.91 bits per heavy atom. The summed E-state index contributed by atoms with van der Waals surface area (Å²) in [4.78, 5) is 9.38. The Labute approximate surface area is 59.1 Å². The molecule has 0 aromatic carbocycles. The van der Waals surface area contributed by atoms with E-state index in [4.69, 9.17) is 0 Å². The van der Waals surface area contributed by atoms with E-state index in [1.54, 1.807) is 0 Å². The molecule has 0 bridgehead atoms. The van der Waals surface area contributed by atoms with E-state index in [9.17, 15) is 22.4 Å². The largest absolute Gasteiger partial charge is 0.447 e. The number of rotatable bonds is 2. The lowest BCUT2D eigenvalue weighted by Gasteiger charge is -2.41. The molecule has 2 nitrogen and oxygen atoms in total. The van der Waals surface area contributed by atoms with Gasteiger partial charge in [-0.05, 0) is 0 Å². The summed E-state index contributed by atoms with van der Waals surface area (Å²) in [6.45, 7) is 0.700. The van der Waals surface area contributed by atoms with Gasteiger partial charge in [0, 0.05) is 0 Å². The Hall–Kier alpha value is -0.810. The van der Waals surface area contributed by atoms with Crippen LogP contribution < -0.4 is 0 Å². The van der Waals surface area contributed by atoms with Gasteiger partial charge >= 0.3 is 18.3 Å². The first-order valence-corrected chi connectivity index (χ1v) is 2.70. The highest BCUT2D eigenvalue weighted by molar-refractivity contribution is 5.39. The Kier molecular flexibility index (Phi) is 1.57. The molecule has 0 heterocycles. The summed E-state index contributed by atoms with van der Waals surface area (Å²) in [5, 5.41) is 0. The SMILES string of the molecule is O=[C]OC1CC(F)(F)C1(F)F. The molecule has 0 aromatic heterocycles. The summed E-state index contributed by atoms with van der Waals surface area (Å²) >= 11 is 0. The maximum Gasteiger partial charge on any atom is 0.417 e. The number of halogens is 4. The molecule has 63 valence electrons. The van der Waals surface area contributed by atoms with Crippen molar-refractivity contribution < 1.29 is 27.1 Å². The average molecular weight is 171 g/mol. The highest BCUT2D eigenvalue weighted by atomic mass is 19.3. The zero-order valence-electron chi connectivity index (χ0n) is 5.11. The van der Waals surface area contributed by atoms with Gasteiger partial charge in [-0.3, -0.25) is 0 Å². The fourth-order valence-electron chi connectivity index (χ4n) is 0.775. The monoisotopic (exact) mass is 171 g/mol. The second-order valence-electron chi connectivity index (χ2n) is 2.22. The summed E-state index contributed by atoms with van der Waals surface area (Å²) in [5.74, 6) is -8.28. The summed E-state index contributed by atoms with van der Waals surface area (Å²) in [5.41, 5.74) is 0. The van der Waals surface area contributed by atoms with Crippen LogP contribution in [-0.4, -0.2) is 24.4 Å². The van der Waals surface area contributed by atoms with Gasteiger partial charge in [0.2, 0.25) is 0 Å². The summed E-state index contributed by atoms with van der Waals surface area (Å²) in [6, 6.07) is 0. The number of hydrogen-bond donors (Lipinski definition) is 0. The molecule has 1 atom stereocenters. The lowest BCUT2D eigenvalue weighted by atomic mass is 9.86. The van der Waals surface area contributed by atoms with Gasteiger partial charge in [0.25, 0.3) is 0 Å². The van der Waals surface area contributed by atoms with Crippen LogP contribution >= 0.6 is 0 Å². The molecule has 1 saturated carbocycles. The molecule has 11 heavy (non-hydrogen) atoms. The minimum Gasteiger partial charge on any atom is -0.447 e. The van der Waals surface area contributed by atoms with Crippen molar-refractivity contribution in [2.45, 2.75) is 24.4 Å². The van der Waals surface area contributed by atoms with Crippen LogP contribution in [0.5, 0.6) is 0 Å². The van der Waals surface area contributed by atoms with Gasteiger partial charge in [0.1, 0.15) is 0 Å². The maximum atomic E-state index is 12.1. The Balaban J connectivity index is 2.61. The molecule has 1 fully saturated rings. The van der Waals surface area contributed by atoms with E-state index in [2.05, 4.69) is 4.74 Å². The van der Waals surface area contributed by atoms with E-state index in [-0.39, 0.29) is 0 Å². The fourth-order valence-corrected chi connectivity index (χ4v) is 0.775. The van der Waals surface area contributed by atoms with Gasteiger partial charge < -0.3 is 4.74 Å². The fraction of sp³-hybridized carbons (Fsp3) is 0.800. The average Bonchev–Trinajstić information content (AvgIpc) is 1.87. The van der Waals surface area contributed by atoms with Crippen molar-refractivity contribution in [2.75, 3.05) is 0 Å². The number of ether oxygens (including phenoxy) is 1.